The molecule has 0 radical (unpaired) electrons. The van der Waals surface area contributed by atoms with Gasteiger partial charge in [-0.25, -0.2) is 9.37 Å². The Morgan fingerprint density at radius 2 is 1.88 bits per heavy atom. The van der Waals surface area contributed by atoms with Gasteiger partial charge in [-0.15, -0.1) is 0 Å². The quantitative estimate of drug-likeness (QED) is 0.724. The Kier molecular flexibility index (Phi) is 5.04. The van der Waals surface area contributed by atoms with Gasteiger partial charge in [-0.2, -0.15) is 0 Å². The zero-order valence-electron chi connectivity index (χ0n) is 13.8. The van der Waals surface area contributed by atoms with E-state index >= 15 is 0 Å². The minimum Gasteiger partial charge on any atom is -0.340 e. The Morgan fingerprint density at radius 1 is 1.04 bits per heavy atom. The van der Waals surface area contributed by atoms with Crippen molar-refractivity contribution in [2.75, 3.05) is 10.6 Å². The predicted octanol–water partition coefficient (Wildman–Crippen LogP) is 4.45. The van der Waals surface area contributed by atoms with Crippen LogP contribution in [0.25, 0.3) is 0 Å². The van der Waals surface area contributed by atoms with Crippen molar-refractivity contribution >= 4 is 23.1 Å². The normalized spacial score (nSPS) is 10.3. The van der Waals surface area contributed by atoms with Crippen LogP contribution >= 0.6 is 0 Å². The smallest absolute Gasteiger partial charge is 0.228 e. The first-order chi connectivity index (χ1) is 12.1. The van der Waals surface area contributed by atoms with Crippen LogP contribution in [-0.2, 0) is 11.2 Å². The third-order valence-corrected chi connectivity index (χ3v) is 3.65. The molecule has 1 aromatic heterocycles. The van der Waals surface area contributed by atoms with Gasteiger partial charge in [-0.3, -0.25) is 4.79 Å². The molecule has 0 spiro atoms. The standard InChI is InChI=1S/C20H18FN3O/c1-14-5-4-7-16(11-14)23-19-10-9-17(13-22-19)24-20(25)12-15-6-2-3-8-18(15)21/h2-11,13H,12H2,1H3,(H,22,23)(H,24,25). The second-order valence-corrected chi connectivity index (χ2v) is 5.74. The maximum Gasteiger partial charge on any atom is 0.228 e. The minimum absolute atomic E-state index is 0.0179. The summed E-state index contributed by atoms with van der Waals surface area (Å²) in [4.78, 5) is 16.3. The van der Waals surface area contributed by atoms with Crippen molar-refractivity contribution in [3.63, 3.8) is 0 Å². The molecular weight excluding hydrogens is 317 g/mol. The lowest BCUT2D eigenvalue weighted by Crippen LogP contribution is -2.15. The van der Waals surface area contributed by atoms with Gasteiger partial charge in [0.25, 0.3) is 0 Å². The van der Waals surface area contributed by atoms with Crippen molar-refractivity contribution in [1.82, 2.24) is 4.98 Å². The molecule has 2 N–H and O–H groups in total. The number of carbonyl (C=O) groups is 1. The molecule has 5 heteroatoms. The molecule has 4 nitrogen and oxygen atoms in total. The Morgan fingerprint density at radius 3 is 2.60 bits per heavy atom. The third-order valence-electron chi connectivity index (χ3n) is 3.65. The maximum atomic E-state index is 13.6. The van der Waals surface area contributed by atoms with Crippen molar-refractivity contribution < 1.29 is 9.18 Å². The first-order valence-electron chi connectivity index (χ1n) is 7.93. The highest BCUT2D eigenvalue weighted by molar-refractivity contribution is 5.92. The van der Waals surface area contributed by atoms with E-state index in [1.807, 2.05) is 31.2 Å². The molecule has 0 atom stereocenters. The summed E-state index contributed by atoms with van der Waals surface area (Å²) in [7, 11) is 0. The first-order valence-corrected chi connectivity index (χ1v) is 7.93. The largest absolute Gasteiger partial charge is 0.340 e. The van der Waals surface area contributed by atoms with E-state index in [9.17, 15) is 9.18 Å². The highest BCUT2D eigenvalue weighted by atomic mass is 19.1. The maximum absolute atomic E-state index is 13.6. The van der Waals surface area contributed by atoms with E-state index in [1.165, 1.54) is 6.07 Å². The fourth-order valence-corrected chi connectivity index (χ4v) is 2.43. The lowest BCUT2D eigenvalue weighted by molar-refractivity contribution is -0.115. The number of carbonyl (C=O) groups excluding carboxylic acids is 1. The van der Waals surface area contributed by atoms with Crippen LogP contribution in [0.2, 0.25) is 0 Å². The number of nitrogens with zero attached hydrogens (tertiary/aromatic N) is 1. The monoisotopic (exact) mass is 335 g/mol. The number of benzene rings is 2. The summed E-state index contributed by atoms with van der Waals surface area (Å²) >= 11 is 0. The summed E-state index contributed by atoms with van der Waals surface area (Å²) in [5.74, 6) is 0.0115. The molecular formula is C20H18FN3O. The van der Waals surface area contributed by atoms with Gasteiger partial charge < -0.3 is 10.6 Å². The molecule has 0 unspecified atom stereocenters. The van der Waals surface area contributed by atoms with Gasteiger partial charge >= 0.3 is 0 Å². The fourth-order valence-electron chi connectivity index (χ4n) is 2.43. The van der Waals surface area contributed by atoms with Gasteiger partial charge in [0, 0.05) is 5.69 Å². The topological polar surface area (TPSA) is 54.0 Å². The minimum atomic E-state index is -0.381. The molecule has 0 bridgehead atoms. The van der Waals surface area contributed by atoms with Crippen LogP contribution in [0.1, 0.15) is 11.1 Å². The van der Waals surface area contributed by atoms with E-state index in [4.69, 9.17) is 0 Å². The number of hydrogen-bond donors (Lipinski definition) is 2. The van der Waals surface area contributed by atoms with Gasteiger partial charge in [0.15, 0.2) is 0 Å². The molecule has 0 fully saturated rings. The summed E-state index contributed by atoms with van der Waals surface area (Å²) in [5.41, 5.74) is 3.03. The Balaban J connectivity index is 1.60. The molecule has 126 valence electrons. The number of anilines is 3. The lowest BCUT2D eigenvalue weighted by atomic mass is 10.1. The molecule has 0 aliphatic heterocycles. The number of nitrogens with one attached hydrogen (secondary N) is 2. The summed E-state index contributed by atoms with van der Waals surface area (Å²) in [6.45, 7) is 2.02. The van der Waals surface area contributed by atoms with Crippen molar-refractivity contribution in [2.45, 2.75) is 13.3 Å². The second-order valence-electron chi connectivity index (χ2n) is 5.74. The average Bonchev–Trinajstić information content (AvgIpc) is 2.59. The highest BCUT2D eigenvalue weighted by Crippen LogP contribution is 2.17. The number of aryl methyl sites for hydroxylation is 1. The molecule has 3 rings (SSSR count). The van der Waals surface area contributed by atoms with Gasteiger partial charge in [0.2, 0.25) is 5.91 Å². The van der Waals surface area contributed by atoms with Crippen molar-refractivity contribution in [3.8, 4) is 0 Å². The van der Waals surface area contributed by atoms with Crippen LogP contribution in [0.4, 0.5) is 21.6 Å². The SMILES string of the molecule is Cc1cccc(Nc2ccc(NC(=O)Cc3ccccc3F)cn2)c1. The van der Waals surface area contributed by atoms with E-state index in [0.717, 1.165) is 11.3 Å². The Labute approximate surface area is 145 Å². The molecule has 2 aromatic carbocycles. The van der Waals surface area contributed by atoms with Crippen molar-refractivity contribution in [2.24, 2.45) is 0 Å². The van der Waals surface area contributed by atoms with Gasteiger partial charge in [0.05, 0.1) is 18.3 Å². The van der Waals surface area contributed by atoms with E-state index in [-0.39, 0.29) is 18.1 Å². The van der Waals surface area contributed by atoms with E-state index < -0.39 is 0 Å². The van der Waals surface area contributed by atoms with E-state index in [0.29, 0.717) is 17.1 Å². The van der Waals surface area contributed by atoms with Gasteiger partial charge in [-0.05, 0) is 48.4 Å². The van der Waals surface area contributed by atoms with Crippen molar-refractivity contribution in [1.29, 1.82) is 0 Å². The Hall–Kier alpha value is -3.21. The van der Waals surface area contributed by atoms with E-state index in [2.05, 4.69) is 15.6 Å². The predicted molar refractivity (Wildman–Crippen MR) is 97.4 cm³/mol. The zero-order chi connectivity index (χ0) is 17.6. The summed E-state index contributed by atoms with van der Waals surface area (Å²) in [6.07, 6.45) is 1.55. The molecule has 1 heterocycles. The van der Waals surface area contributed by atoms with Crippen molar-refractivity contribution in [3.05, 3.63) is 83.8 Å². The lowest BCUT2D eigenvalue weighted by Gasteiger charge is -2.09. The highest BCUT2D eigenvalue weighted by Gasteiger charge is 2.08. The molecule has 1 amide bonds. The summed E-state index contributed by atoms with van der Waals surface area (Å²) < 4.78 is 13.6. The number of pyridine rings is 1. The number of rotatable bonds is 5. The number of aromatic nitrogens is 1. The summed E-state index contributed by atoms with van der Waals surface area (Å²) in [5, 5.41) is 5.92. The van der Waals surface area contributed by atoms with Crippen LogP contribution in [0.15, 0.2) is 66.9 Å². The summed E-state index contributed by atoms with van der Waals surface area (Å²) in [6, 6.07) is 17.7. The molecule has 0 saturated heterocycles. The molecule has 0 saturated carbocycles. The average molecular weight is 335 g/mol. The molecule has 0 aliphatic rings. The molecule has 0 aliphatic carbocycles. The molecule has 25 heavy (non-hydrogen) atoms. The third kappa shape index (κ3) is 4.64. The van der Waals surface area contributed by atoms with Crippen LogP contribution in [0.3, 0.4) is 0 Å². The van der Waals surface area contributed by atoms with Crippen LogP contribution in [-0.4, -0.2) is 10.9 Å². The van der Waals surface area contributed by atoms with Crippen LogP contribution in [0, 0.1) is 12.7 Å². The first kappa shape index (κ1) is 16.6. The zero-order valence-corrected chi connectivity index (χ0v) is 13.8. The Bertz CT molecular complexity index is 878. The fraction of sp³-hybridized carbons (Fsp3) is 0.100. The number of amides is 1. The van der Waals surface area contributed by atoms with Gasteiger partial charge in [-0.1, -0.05) is 30.3 Å². The van der Waals surface area contributed by atoms with E-state index in [1.54, 1.807) is 36.5 Å². The van der Waals surface area contributed by atoms with Crippen LogP contribution in [0.5, 0.6) is 0 Å². The number of hydrogen-bond acceptors (Lipinski definition) is 3. The number of halogens is 1. The van der Waals surface area contributed by atoms with Gasteiger partial charge in [0.1, 0.15) is 11.6 Å². The van der Waals surface area contributed by atoms with Crippen LogP contribution < -0.4 is 10.6 Å². The molecule has 3 aromatic rings. The second kappa shape index (κ2) is 7.57.